The van der Waals surface area contributed by atoms with E-state index in [1.807, 2.05) is 49.4 Å². The number of anilines is 1. The summed E-state index contributed by atoms with van der Waals surface area (Å²) in [5, 5.41) is 7.57. The van der Waals surface area contributed by atoms with Gasteiger partial charge in [-0.3, -0.25) is 9.59 Å². The van der Waals surface area contributed by atoms with E-state index in [2.05, 4.69) is 16.6 Å². The summed E-state index contributed by atoms with van der Waals surface area (Å²) in [6, 6.07) is 19.5. The molecule has 2 N–H and O–H groups in total. The second kappa shape index (κ2) is 11.0. The molecule has 4 rings (SSSR count). The van der Waals surface area contributed by atoms with Crippen molar-refractivity contribution in [2.45, 2.75) is 51.8 Å². The molecule has 7 heteroatoms. The lowest BCUT2D eigenvalue weighted by atomic mass is 9.97. The highest BCUT2D eigenvalue weighted by Crippen LogP contribution is 2.41. The van der Waals surface area contributed by atoms with Gasteiger partial charge in [-0.2, -0.15) is 0 Å². The van der Waals surface area contributed by atoms with Crippen molar-refractivity contribution in [3.8, 4) is 12.3 Å². The third-order valence-electron chi connectivity index (χ3n) is 6.45. The molecule has 3 amide bonds. The number of terminal acetylenes is 1. The molecule has 0 spiro atoms. The van der Waals surface area contributed by atoms with E-state index in [0.29, 0.717) is 16.8 Å². The summed E-state index contributed by atoms with van der Waals surface area (Å²) in [7, 11) is 0. The molecule has 3 unspecified atom stereocenters. The third kappa shape index (κ3) is 6.33. The Labute approximate surface area is 223 Å². The molecule has 0 saturated heterocycles. The van der Waals surface area contributed by atoms with E-state index in [9.17, 15) is 14.4 Å². The maximum Gasteiger partial charge on any atom is 0.408 e. The van der Waals surface area contributed by atoms with Crippen LogP contribution in [0.15, 0.2) is 66.7 Å². The van der Waals surface area contributed by atoms with Gasteiger partial charge in [0, 0.05) is 17.3 Å². The Bertz CT molecular complexity index is 1400. The molecule has 1 fully saturated rings. The molecular weight excluding hydrogens is 478 g/mol. The van der Waals surface area contributed by atoms with Gasteiger partial charge in [0.25, 0.3) is 5.91 Å². The molecule has 1 aliphatic rings. The summed E-state index contributed by atoms with van der Waals surface area (Å²) >= 11 is 0. The molecule has 3 atom stereocenters. The number of fused-ring (bicyclic) bond motifs is 1. The first kappa shape index (κ1) is 26.7. The number of hydrogen-bond acceptors (Lipinski definition) is 4. The van der Waals surface area contributed by atoms with Gasteiger partial charge in [0.1, 0.15) is 18.2 Å². The minimum Gasteiger partial charge on any atom is -0.444 e. The predicted molar refractivity (Wildman–Crippen MR) is 148 cm³/mol. The normalized spacial score (nSPS) is 17.1. The number of rotatable bonds is 7. The number of benzene rings is 3. The molecular formula is C31H33N3O4. The fourth-order valence-corrected chi connectivity index (χ4v) is 4.53. The van der Waals surface area contributed by atoms with Gasteiger partial charge >= 0.3 is 6.09 Å². The summed E-state index contributed by atoms with van der Waals surface area (Å²) in [6.07, 6.45) is 5.84. The van der Waals surface area contributed by atoms with Crippen molar-refractivity contribution in [2.75, 3.05) is 11.9 Å². The predicted octanol–water partition coefficient (Wildman–Crippen LogP) is 5.26. The van der Waals surface area contributed by atoms with E-state index < -0.39 is 23.6 Å². The topological polar surface area (TPSA) is 87.7 Å². The summed E-state index contributed by atoms with van der Waals surface area (Å²) in [5.74, 6) is 2.08. The number of hydrogen-bond donors (Lipinski definition) is 2. The van der Waals surface area contributed by atoms with Crippen molar-refractivity contribution < 1.29 is 19.1 Å². The highest BCUT2D eigenvalue weighted by atomic mass is 16.6. The van der Waals surface area contributed by atoms with Crippen molar-refractivity contribution in [3.05, 3.63) is 77.9 Å². The third-order valence-corrected chi connectivity index (χ3v) is 6.45. The standard InChI is InChI=1S/C31H33N3O4/c1-6-21-11-9-10-14-25(21)28(29(36)33-24-16-15-22-12-7-8-13-23(22)18-24)34(26-17-20(26)2)27(35)19-32-30(37)38-31(3,4)5/h1,7-16,18,20,26,28H,17,19H2,2-5H3,(H,32,37)(H,33,36). The molecule has 3 aromatic rings. The zero-order valence-corrected chi connectivity index (χ0v) is 22.2. The van der Waals surface area contributed by atoms with Gasteiger partial charge in [-0.15, -0.1) is 6.42 Å². The lowest BCUT2D eigenvalue weighted by Crippen LogP contribution is -2.48. The van der Waals surface area contributed by atoms with Gasteiger partial charge in [0.2, 0.25) is 5.91 Å². The first-order chi connectivity index (χ1) is 18.1. The largest absolute Gasteiger partial charge is 0.444 e. The molecule has 0 heterocycles. The fraction of sp³-hybridized carbons (Fsp3) is 0.323. The average molecular weight is 512 g/mol. The van der Waals surface area contributed by atoms with E-state index in [0.717, 1.165) is 17.2 Å². The Morgan fingerprint density at radius 2 is 1.71 bits per heavy atom. The molecule has 0 aromatic heterocycles. The van der Waals surface area contributed by atoms with Gasteiger partial charge in [0.15, 0.2) is 0 Å². The molecule has 0 bridgehead atoms. The summed E-state index contributed by atoms with van der Waals surface area (Å²) in [5.41, 5.74) is 0.988. The summed E-state index contributed by atoms with van der Waals surface area (Å²) in [6.45, 7) is 6.96. The van der Waals surface area contributed by atoms with Crippen molar-refractivity contribution in [2.24, 2.45) is 5.92 Å². The first-order valence-corrected chi connectivity index (χ1v) is 12.7. The van der Waals surface area contributed by atoms with Gasteiger partial charge in [-0.25, -0.2) is 4.79 Å². The highest BCUT2D eigenvalue weighted by Gasteiger charge is 2.46. The fourth-order valence-electron chi connectivity index (χ4n) is 4.53. The van der Waals surface area contributed by atoms with Crippen LogP contribution in [-0.4, -0.2) is 41.0 Å². The van der Waals surface area contributed by atoms with Gasteiger partial charge in [0.05, 0.1) is 0 Å². The van der Waals surface area contributed by atoms with E-state index in [1.165, 1.54) is 0 Å². The number of carbonyl (C=O) groups excluding carboxylic acids is 3. The van der Waals surface area contributed by atoms with Crippen LogP contribution < -0.4 is 10.6 Å². The van der Waals surface area contributed by atoms with Crippen LogP contribution in [0, 0.1) is 18.3 Å². The smallest absolute Gasteiger partial charge is 0.408 e. The molecule has 0 aliphatic heterocycles. The van der Waals surface area contributed by atoms with Gasteiger partial charge < -0.3 is 20.3 Å². The van der Waals surface area contributed by atoms with Crippen LogP contribution in [0.25, 0.3) is 10.8 Å². The lowest BCUT2D eigenvalue weighted by molar-refractivity contribution is -0.139. The van der Waals surface area contributed by atoms with E-state index in [1.54, 1.807) is 49.9 Å². The molecule has 1 aliphatic carbocycles. The minimum atomic E-state index is -0.989. The van der Waals surface area contributed by atoms with Crippen LogP contribution in [0.1, 0.15) is 51.3 Å². The van der Waals surface area contributed by atoms with Crippen LogP contribution in [0.3, 0.4) is 0 Å². The monoisotopic (exact) mass is 511 g/mol. The Kier molecular flexibility index (Phi) is 7.72. The molecule has 7 nitrogen and oxygen atoms in total. The average Bonchev–Trinajstić information content (AvgIpc) is 3.60. The molecule has 38 heavy (non-hydrogen) atoms. The van der Waals surface area contributed by atoms with Gasteiger partial charge in [-0.05, 0) is 67.6 Å². The van der Waals surface area contributed by atoms with Crippen molar-refractivity contribution in [1.29, 1.82) is 0 Å². The maximum absolute atomic E-state index is 13.9. The molecule has 3 aromatic carbocycles. The Hall–Kier alpha value is -4.31. The van der Waals surface area contributed by atoms with Gasteiger partial charge in [-0.1, -0.05) is 61.4 Å². The number of carbonyl (C=O) groups is 3. The van der Waals surface area contributed by atoms with Crippen molar-refractivity contribution in [1.82, 2.24) is 10.2 Å². The molecule has 0 radical (unpaired) electrons. The van der Waals surface area contributed by atoms with E-state index in [4.69, 9.17) is 11.2 Å². The number of amides is 3. The van der Waals surface area contributed by atoms with Crippen LogP contribution in [0.4, 0.5) is 10.5 Å². The van der Waals surface area contributed by atoms with Crippen LogP contribution in [-0.2, 0) is 14.3 Å². The zero-order valence-electron chi connectivity index (χ0n) is 22.2. The van der Waals surface area contributed by atoms with Crippen LogP contribution in [0.2, 0.25) is 0 Å². The van der Waals surface area contributed by atoms with Crippen LogP contribution in [0.5, 0.6) is 0 Å². The molecule has 196 valence electrons. The van der Waals surface area contributed by atoms with Crippen molar-refractivity contribution in [3.63, 3.8) is 0 Å². The van der Waals surface area contributed by atoms with E-state index in [-0.39, 0.29) is 24.4 Å². The first-order valence-electron chi connectivity index (χ1n) is 12.7. The number of nitrogens with zero attached hydrogens (tertiary/aromatic N) is 1. The highest BCUT2D eigenvalue weighted by molar-refractivity contribution is 6.00. The second-order valence-corrected chi connectivity index (χ2v) is 10.6. The SMILES string of the molecule is C#Cc1ccccc1C(C(=O)Nc1ccc2ccccc2c1)N(C(=O)CNC(=O)OC(C)(C)C)C1CC1C. The Morgan fingerprint density at radius 1 is 1.05 bits per heavy atom. The van der Waals surface area contributed by atoms with Crippen LogP contribution >= 0.6 is 0 Å². The number of ether oxygens (including phenoxy) is 1. The summed E-state index contributed by atoms with van der Waals surface area (Å²) < 4.78 is 5.28. The van der Waals surface area contributed by atoms with E-state index >= 15 is 0 Å². The lowest BCUT2D eigenvalue weighted by Gasteiger charge is -2.33. The minimum absolute atomic E-state index is 0.166. The zero-order chi connectivity index (χ0) is 27.4. The quantitative estimate of drug-likeness (QED) is 0.424. The maximum atomic E-state index is 13.9. The summed E-state index contributed by atoms with van der Waals surface area (Å²) in [4.78, 5) is 41.4. The number of alkyl carbamates (subject to hydrolysis) is 1. The second-order valence-electron chi connectivity index (χ2n) is 10.6. The number of nitrogens with one attached hydrogen (secondary N) is 2. The van der Waals surface area contributed by atoms with Crippen molar-refractivity contribution >= 4 is 34.4 Å². The Balaban J connectivity index is 1.66. The molecule has 1 saturated carbocycles. The Morgan fingerprint density at radius 3 is 2.37 bits per heavy atom.